The molecule has 1 amide bonds. The lowest BCUT2D eigenvalue weighted by atomic mass is 10.5. The maximum atomic E-state index is 9.99. The van der Waals surface area contributed by atoms with E-state index in [1.54, 1.807) is 6.92 Å². The Labute approximate surface area is 47.9 Å². The van der Waals surface area contributed by atoms with Crippen LogP contribution in [0.25, 0.3) is 0 Å². The Morgan fingerprint density at radius 3 is 2.25 bits per heavy atom. The van der Waals surface area contributed by atoms with Gasteiger partial charge in [0.15, 0.2) is 0 Å². The largest absolute Gasteiger partial charge is 0.465 e. The smallest absolute Gasteiger partial charge is 0.408 e. The van der Waals surface area contributed by atoms with Gasteiger partial charge in [-0.3, -0.25) is 4.90 Å². The van der Waals surface area contributed by atoms with Crippen molar-refractivity contribution in [2.75, 3.05) is 7.05 Å². The number of hydrogen-bond acceptors (Lipinski definition) is 2. The molecular formula is C4H10N2O2. The predicted octanol–water partition coefficient (Wildman–Crippen LogP) is -0.0991. The van der Waals surface area contributed by atoms with Gasteiger partial charge in [-0.25, -0.2) is 4.79 Å². The molecule has 3 N–H and O–H groups in total. The number of hydrogen-bond donors (Lipinski definition) is 2. The summed E-state index contributed by atoms with van der Waals surface area (Å²) in [5.74, 6) is 0. The first-order chi connectivity index (χ1) is 3.55. The topological polar surface area (TPSA) is 66.6 Å². The van der Waals surface area contributed by atoms with Gasteiger partial charge in [-0.2, -0.15) is 0 Å². The van der Waals surface area contributed by atoms with Crippen LogP contribution >= 0.6 is 0 Å². The molecule has 0 bridgehead atoms. The van der Waals surface area contributed by atoms with E-state index < -0.39 is 12.3 Å². The standard InChI is InChI=1S/C4H10N2O2/c1-3(5)6(2)4(7)8/h3H,5H2,1-2H3,(H,7,8). The first kappa shape index (κ1) is 7.23. The molecule has 0 aromatic rings. The molecule has 0 saturated heterocycles. The van der Waals surface area contributed by atoms with E-state index in [-0.39, 0.29) is 0 Å². The van der Waals surface area contributed by atoms with Crippen LogP contribution in [-0.2, 0) is 0 Å². The van der Waals surface area contributed by atoms with E-state index in [2.05, 4.69) is 0 Å². The van der Waals surface area contributed by atoms with Gasteiger partial charge in [-0.05, 0) is 6.92 Å². The zero-order chi connectivity index (χ0) is 6.73. The molecule has 0 fully saturated rings. The SMILES string of the molecule is CC(N)N(C)C(=O)O. The van der Waals surface area contributed by atoms with E-state index >= 15 is 0 Å². The molecule has 8 heavy (non-hydrogen) atoms. The Morgan fingerprint density at radius 1 is 1.88 bits per heavy atom. The highest BCUT2D eigenvalue weighted by molar-refractivity contribution is 5.64. The van der Waals surface area contributed by atoms with Crippen molar-refractivity contribution in [2.45, 2.75) is 13.1 Å². The number of rotatable bonds is 1. The van der Waals surface area contributed by atoms with Crippen LogP contribution in [0.3, 0.4) is 0 Å². The van der Waals surface area contributed by atoms with Crippen LogP contribution in [0.15, 0.2) is 0 Å². The van der Waals surface area contributed by atoms with Gasteiger partial charge in [0.2, 0.25) is 0 Å². The van der Waals surface area contributed by atoms with Gasteiger partial charge in [0.1, 0.15) is 0 Å². The van der Waals surface area contributed by atoms with E-state index in [1.165, 1.54) is 7.05 Å². The Morgan fingerprint density at radius 2 is 2.25 bits per heavy atom. The molecule has 4 nitrogen and oxygen atoms in total. The van der Waals surface area contributed by atoms with Crippen LogP contribution in [0.4, 0.5) is 4.79 Å². The zero-order valence-electron chi connectivity index (χ0n) is 4.96. The average molecular weight is 118 g/mol. The van der Waals surface area contributed by atoms with Crippen LogP contribution in [0.1, 0.15) is 6.92 Å². The van der Waals surface area contributed by atoms with Crippen LogP contribution < -0.4 is 5.73 Å². The second-order valence-electron chi connectivity index (χ2n) is 1.63. The summed E-state index contributed by atoms with van der Waals surface area (Å²) in [6.07, 6.45) is -1.42. The van der Waals surface area contributed by atoms with E-state index in [1.807, 2.05) is 0 Å². The Hall–Kier alpha value is -0.770. The monoisotopic (exact) mass is 118 g/mol. The van der Waals surface area contributed by atoms with Crippen LogP contribution in [0.2, 0.25) is 0 Å². The van der Waals surface area contributed by atoms with Crippen LogP contribution in [0, 0.1) is 0 Å². The molecule has 0 spiro atoms. The van der Waals surface area contributed by atoms with Gasteiger partial charge >= 0.3 is 6.09 Å². The van der Waals surface area contributed by atoms with Gasteiger partial charge in [-0.1, -0.05) is 0 Å². The molecule has 0 radical (unpaired) electrons. The normalized spacial score (nSPS) is 12.9. The summed E-state index contributed by atoms with van der Waals surface area (Å²) >= 11 is 0. The lowest BCUT2D eigenvalue weighted by Gasteiger charge is -2.16. The Balaban J connectivity index is 3.64. The van der Waals surface area contributed by atoms with Crippen LogP contribution in [0.5, 0.6) is 0 Å². The van der Waals surface area contributed by atoms with Crippen molar-refractivity contribution in [1.82, 2.24) is 4.90 Å². The highest BCUT2D eigenvalue weighted by Gasteiger charge is 2.07. The molecule has 0 rings (SSSR count). The molecule has 1 unspecified atom stereocenters. The lowest BCUT2D eigenvalue weighted by Crippen LogP contribution is -2.39. The first-order valence-corrected chi connectivity index (χ1v) is 2.27. The molecular weight excluding hydrogens is 108 g/mol. The second kappa shape index (κ2) is 2.52. The van der Waals surface area contributed by atoms with Crippen molar-refractivity contribution >= 4 is 6.09 Å². The minimum Gasteiger partial charge on any atom is -0.465 e. The third kappa shape index (κ3) is 1.79. The molecule has 0 aliphatic carbocycles. The number of nitrogens with two attached hydrogens (primary N) is 1. The number of carboxylic acid groups (broad SMARTS) is 1. The fraction of sp³-hybridized carbons (Fsp3) is 0.750. The summed E-state index contributed by atoms with van der Waals surface area (Å²) in [4.78, 5) is 11.0. The van der Waals surface area contributed by atoms with E-state index in [9.17, 15) is 4.79 Å². The molecule has 0 aromatic carbocycles. The minimum atomic E-state index is -1.000. The summed E-state index contributed by atoms with van der Waals surface area (Å²) in [5.41, 5.74) is 5.18. The molecule has 0 heterocycles. The summed E-state index contributed by atoms with van der Waals surface area (Å²) in [6, 6.07) is 0. The molecule has 48 valence electrons. The molecule has 0 aromatic heterocycles. The van der Waals surface area contributed by atoms with E-state index in [4.69, 9.17) is 10.8 Å². The third-order valence-corrected chi connectivity index (χ3v) is 0.913. The third-order valence-electron chi connectivity index (χ3n) is 0.913. The fourth-order valence-electron chi connectivity index (χ4n) is 0.174. The van der Waals surface area contributed by atoms with Gasteiger partial charge in [0.25, 0.3) is 0 Å². The zero-order valence-corrected chi connectivity index (χ0v) is 4.96. The van der Waals surface area contributed by atoms with E-state index in [0.717, 1.165) is 4.90 Å². The summed E-state index contributed by atoms with van der Waals surface area (Å²) in [6.45, 7) is 1.61. The molecule has 0 aliphatic rings. The average Bonchev–Trinajstić information content (AvgIpc) is 1.64. The van der Waals surface area contributed by atoms with E-state index in [0.29, 0.717) is 0 Å². The molecule has 0 aliphatic heterocycles. The van der Waals surface area contributed by atoms with Crippen molar-refractivity contribution in [1.29, 1.82) is 0 Å². The van der Waals surface area contributed by atoms with Crippen molar-refractivity contribution in [3.8, 4) is 0 Å². The number of carbonyl (C=O) groups is 1. The maximum Gasteiger partial charge on any atom is 0.408 e. The van der Waals surface area contributed by atoms with Crippen molar-refractivity contribution in [3.63, 3.8) is 0 Å². The first-order valence-electron chi connectivity index (χ1n) is 2.27. The summed E-state index contributed by atoms with van der Waals surface area (Å²) < 4.78 is 0. The van der Waals surface area contributed by atoms with Crippen molar-refractivity contribution in [2.24, 2.45) is 5.73 Å². The molecule has 0 saturated carbocycles. The predicted molar refractivity (Wildman–Crippen MR) is 29.4 cm³/mol. The highest BCUT2D eigenvalue weighted by atomic mass is 16.4. The van der Waals surface area contributed by atoms with Crippen molar-refractivity contribution in [3.05, 3.63) is 0 Å². The quantitative estimate of drug-likeness (QED) is 0.472. The van der Waals surface area contributed by atoms with Gasteiger partial charge < -0.3 is 10.8 Å². The maximum absolute atomic E-state index is 9.99. The lowest BCUT2D eigenvalue weighted by molar-refractivity contribution is 0.143. The number of nitrogens with zero attached hydrogens (tertiary/aromatic N) is 1. The summed E-state index contributed by atoms with van der Waals surface area (Å²) in [7, 11) is 1.42. The molecule has 1 atom stereocenters. The molecule has 4 heteroatoms. The summed E-state index contributed by atoms with van der Waals surface area (Å²) in [5, 5.41) is 8.20. The Bertz CT molecular complexity index is 92.0. The second-order valence-corrected chi connectivity index (χ2v) is 1.63. The Kier molecular flexibility index (Phi) is 2.27. The van der Waals surface area contributed by atoms with Crippen molar-refractivity contribution < 1.29 is 9.90 Å². The minimum absolute atomic E-state index is 0.424. The van der Waals surface area contributed by atoms with Gasteiger partial charge in [0.05, 0.1) is 6.17 Å². The van der Waals surface area contributed by atoms with Crippen LogP contribution in [-0.4, -0.2) is 29.3 Å². The van der Waals surface area contributed by atoms with Gasteiger partial charge in [0, 0.05) is 7.05 Å². The highest BCUT2D eigenvalue weighted by Crippen LogP contribution is 1.85. The number of amides is 1. The fourth-order valence-corrected chi connectivity index (χ4v) is 0.174. The van der Waals surface area contributed by atoms with Gasteiger partial charge in [-0.15, -0.1) is 0 Å².